The van der Waals surface area contributed by atoms with Crippen molar-refractivity contribution in [1.82, 2.24) is 14.5 Å². The van der Waals surface area contributed by atoms with E-state index in [0.717, 1.165) is 11.2 Å². The Hall–Kier alpha value is -1.15. The number of nitrogens with zero attached hydrogens (tertiary/aromatic N) is 2. The van der Waals surface area contributed by atoms with Crippen LogP contribution in [0.4, 0.5) is 4.79 Å². The van der Waals surface area contributed by atoms with Crippen molar-refractivity contribution < 1.29 is 18.0 Å². The van der Waals surface area contributed by atoms with Gasteiger partial charge in [0.25, 0.3) is 0 Å². The fourth-order valence-corrected chi connectivity index (χ4v) is 2.54. The van der Waals surface area contributed by atoms with Crippen molar-refractivity contribution in [3.63, 3.8) is 0 Å². The van der Waals surface area contributed by atoms with E-state index in [4.69, 9.17) is 0 Å². The molecule has 2 heterocycles. The summed E-state index contributed by atoms with van der Waals surface area (Å²) in [4.78, 5) is 23.6. The van der Waals surface area contributed by atoms with Gasteiger partial charge in [-0.1, -0.05) is 0 Å². The Morgan fingerprint density at radius 3 is 2.33 bits per heavy atom. The first-order valence-electron chi connectivity index (χ1n) is 4.44. The molecule has 84 valence electrons. The summed E-state index contributed by atoms with van der Waals surface area (Å²) in [6.45, 7) is 0.421. The zero-order chi connectivity index (χ0) is 11.2. The predicted molar refractivity (Wildman–Crippen MR) is 50.4 cm³/mol. The van der Waals surface area contributed by atoms with Crippen LogP contribution >= 0.6 is 0 Å². The molecule has 0 aromatic carbocycles. The van der Waals surface area contributed by atoms with Crippen molar-refractivity contribution >= 4 is 22.0 Å². The van der Waals surface area contributed by atoms with E-state index < -0.39 is 16.1 Å². The van der Waals surface area contributed by atoms with Crippen LogP contribution in [0.3, 0.4) is 0 Å². The molecule has 0 aromatic rings. The Bertz CT molecular complexity index is 396. The highest BCUT2D eigenvalue weighted by Gasteiger charge is 2.43. The van der Waals surface area contributed by atoms with Gasteiger partial charge in [0.15, 0.2) is 0 Å². The molecular weight excluding hydrogens is 222 g/mol. The number of carbonyl (C=O) groups excluding carboxylic acids is 2. The molecule has 0 spiro atoms. The summed E-state index contributed by atoms with van der Waals surface area (Å²) in [5.74, 6) is -0.293. The number of nitrogens with one attached hydrogen (secondary N) is 1. The number of hydrogen-bond donors (Lipinski definition) is 1. The van der Waals surface area contributed by atoms with E-state index in [2.05, 4.69) is 5.32 Å². The van der Waals surface area contributed by atoms with Gasteiger partial charge in [-0.05, 0) is 0 Å². The Balaban J connectivity index is 2.00. The highest BCUT2D eigenvalue weighted by atomic mass is 32.2. The predicted octanol–water partition coefficient (Wildman–Crippen LogP) is -1.82. The first-order valence-corrected chi connectivity index (χ1v) is 6.29. The van der Waals surface area contributed by atoms with E-state index >= 15 is 0 Å². The van der Waals surface area contributed by atoms with Gasteiger partial charge in [0.1, 0.15) is 0 Å². The van der Waals surface area contributed by atoms with Gasteiger partial charge in [-0.2, -0.15) is 4.31 Å². The number of rotatable bonds is 2. The highest BCUT2D eigenvalue weighted by molar-refractivity contribution is 7.88. The van der Waals surface area contributed by atoms with E-state index in [1.54, 1.807) is 0 Å². The summed E-state index contributed by atoms with van der Waals surface area (Å²) in [5.41, 5.74) is 0. The van der Waals surface area contributed by atoms with Crippen LogP contribution in [0.1, 0.15) is 0 Å². The number of amides is 3. The summed E-state index contributed by atoms with van der Waals surface area (Å²) in [6.07, 6.45) is 1.11. The molecule has 0 saturated carbocycles. The molecule has 0 aromatic heterocycles. The fourth-order valence-electron chi connectivity index (χ4n) is 1.66. The lowest BCUT2D eigenvalue weighted by Gasteiger charge is -2.40. The topological polar surface area (TPSA) is 86.8 Å². The standard InChI is InChI=1S/C7H11N3O4S/c1-15(13,14)9-3-5(4-9)10-6(11)2-8-7(10)12/h5H,2-4H2,1H3,(H,8,12). The number of carbonyl (C=O) groups is 2. The average Bonchev–Trinajstić information content (AvgIpc) is 2.29. The lowest BCUT2D eigenvalue weighted by Crippen LogP contribution is -2.62. The van der Waals surface area contributed by atoms with Crippen molar-refractivity contribution in [2.24, 2.45) is 0 Å². The molecule has 0 atom stereocenters. The normalized spacial score (nSPS) is 24.2. The molecule has 15 heavy (non-hydrogen) atoms. The van der Waals surface area contributed by atoms with Crippen LogP contribution in [0.15, 0.2) is 0 Å². The second-order valence-corrected chi connectivity index (χ2v) is 5.64. The maximum Gasteiger partial charge on any atom is 0.324 e. The molecule has 2 fully saturated rings. The lowest BCUT2D eigenvalue weighted by atomic mass is 10.1. The van der Waals surface area contributed by atoms with E-state index in [1.807, 2.05) is 0 Å². The van der Waals surface area contributed by atoms with E-state index in [1.165, 1.54) is 4.31 Å². The van der Waals surface area contributed by atoms with Gasteiger partial charge in [-0.25, -0.2) is 13.2 Å². The number of imide groups is 1. The van der Waals surface area contributed by atoms with Gasteiger partial charge in [-0.15, -0.1) is 0 Å². The number of sulfonamides is 1. The smallest absolute Gasteiger partial charge is 0.324 e. The zero-order valence-corrected chi connectivity index (χ0v) is 8.95. The second-order valence-electron chi connectivity index (χ2n) is 3.66. The van der Waals surface area contributed by atoms with Crippen molar-refractivity contribution in [1.29, 1.82) is 0 Å². The zero-order valence-electron chi connectivity index (χ0n) is 8.13. The van der Waals surface area contributed by atoms with Crippen molar-refractivity contribution in [2.75, 3.05) is 25.9 Å². The van der Waals surface area contributed by atoms with Crippen LogP contribution in [0.25, 0.3) is 0 Å². The molecule has 2 aliphatic heterocycles. The van der Waals surface area contributed by atoms with Gasteiger partial charge < -0.3 is 5.32 Å². The number of hydrogen-bond acceptors (Lipinski definition) is 4. The van der Waals surface area contributed by atoms with Gasteiger partial charge >= 0.3 is 6.03 Å². The maximum absolute atomic E-state index is 11.2. The van der Waals surface area contributed by atoms with Crippen molar-refractivity contribution in [2.45, 2.75) is 6.04 Å². The third-order valence-corrected chi connectivity index (χ3v) is 3.78. The summed E-state index contributed by atoms with van der Waals surface area (Å²) in [6, 6.07) is -0.743. The molecule has 7 nitrogen and oxygen atoms in total. The van der Waals surface area contributed by atoms with Crippen molar-refractivity contribution in [3.8, 4) is 0 Å². The fraction of sp³-hybridized carbons (Fsp3) is 0.714. The van der Waals surface area contributed by atoms with E-state index in [0.29, 0.717) is 0 Å². The highest BCUT2D eigenvalue weighted by Crippen LogP contribution is 2.19. The Morgan fingerprint density at radius 2 is 1.93 bits per heavy atom. The largest absolute Gasteiger partial charge is 0.329 e. The minimum atomic E-state index is -3.20. The molecule has 2 saturated heterocycles. The van der Waals surface area contributed by atoms with Crippen LogP contribution in [0.2, 0.25) is 0 Å². The van der Waals surface area contributed by atoms with Crippen LogP contribution in [0, 0.1) is 0 Å². The molecule has 0 unspecified atom stereocenters. The maximum atomic E-state index is 11.2. The summed E-state index contributed by atoms with van der Waals surface area (Å²) >= 11 is 0. The summed E-state index contributed by atoms with van der Waals surface area (Å²) in [5, 5.41) is 2.39. The summed E-state index contributed by atoms with van der Waals surface area (Å²) < 4.78 is 23.4. The summed E-state index contributed by atoms with van der Waals surface area (Å²) in [7, 11) is -3.20. The third kappa shape index (κ3) is 1.70. The minimum absolute atomic E-state index is 0.00814. The first kappa shape index (κ1) is 10.4. The minimum Gasteiger partial charge on any atom is -0.329 e. The second kappa shape index (κ2) is 3.17. The van der Waals surface area contributed by atoms with Crippen LogP contribution < -0.4 is 5.32 Å². The molecule has 0 radical (unpaired) electrons. The van der Waals surface area contributed by atoms with Crippen LogP contribution in [-0.4, -0.2) is 61.5 Å². The van der Waals surface area contributed by atoms with Gasteiger partial charge in [0, 0.05) is 13.1 Å². The van der Waals surface area contributed by atoms with Crippen molar-refractivity contribution in [3.05, 3.63) is 0 Å². The SMILES string of the molecule is CS(=O)(=O)N1CC(N2C(=O)CNC2=O)C1. The van der Waals surface area contributed by atoms with Gasteiger partial charge in [-0.3, -0.25) is 9.69 Å². The Labute approximate surface area is 87.1 Å². The molecule has 3 amide bonds. The van der Waals surface area contributed by atoms with E-state index in [9.17, 15) is 18.0 Å². The van der Waals surface area contributed by atoms with Gasteiger partial charge in [0.2, 0.25) is 15.9 Å². The molecule has 1 N–H and O–H groups in total. The number of urea groups is 1. The average molecular weight is 233 g/mol. The molecule has 2 rings (SSSR count). The lowest BCUT2D eigenvalue weighted by molar-refractivity contribution is -0.128. The molecule has 0 bridgehead atoms. The molecule has 2 aliphatic rings. The quantitative estimate of drug-likeness (QED) is 0.569. The van der Waals surface area contributed by atoms with Gasteiger partial charge in [0.05, 0.1) is 18.8 Å². The third-order valence-electron chi connectivity index (χ3n) is 2.54. The Morgan fingerprint density at radius 1 is 1.33 bits per heavy atom. The Kier molecular flexibility index (Phi) is 2.19. The first-order chi connectivity index (χ1) is 6.89. The molecule has 8 heteroatoms. The van der Waals surface area contributed by atoms with Crippen LogP contribution in [0.5, 0.6) is 0 Å². The monoisotopic (exact) mass is 233 g/mol. The van der Waals surface area contributed by atoms with E-state index in [-0.39, 0.29) is 31.6 Å². The molecular formula is C7H11N3O4S. The molecule has 0 aliphatic carbocycles. The van der Waals surface area contributed by atoms with Crippen LogP contribution in [-0.2, 0) is 14.8 Å².